The van der Waals surface area contributed by atoms with Gasteiger partial charge in [-0.3, -0.25) is 5.41 Å². The Morgan fingerprint density at radius 2 is 1.70 bits per heavy atom. The van der Waals surface area contributed by atoms with Gasteiger partial charge in [0.1, 0.15) is 0 Å². The third-order valence-corrected chi connectivity index (χ3v) is 3.69. The Hall–Kier alpha value is -2.85. The lowest BCUT2D eigenvalue weighted by molar-refractivity contribution is 0.199. The predicted octanol–water partition coefficient (Wildman–Crippen LogP) is 4.35. The van der Waals surface area contributed by atoms with Crippen LogP contribution in [0.3, 0.4) is 0 Å². The highest BCUT2D eigenvalue weighted by Gasteiger charge is 2.05. The molecule has 0 amide bonds. The van der Waals surface area contributed by atoms with Gasteiger partial charge >= 0.3 is 0 Å². The maximum absolute atomic E-state index is 9.64. The zero-order valence-corrected chi connectivity index (χ0v) is 12.9. The van der Waals surface area contributed by atoms with Crippen LogP contribution in [-0.4, -0.2) is 11.1 Å². The number of aliphatic hydroxyl groups is 1. The Labute approximate surface area is 135 Å². The minimum atomic E-state index is -0.531. The van der Waals surface area contributed by atoms with Gasteiger partial charge in [-0.2, -0.15) is 0 Å². The lowest BCUT2D eigenvalue weighted by atomic mass is 10.1. The van der Waals surface area contributed by atoms with Gasteiger partial charge in [-0.1, -0.05) is 48.5 Å². The number of fused-ring (bicyclic) bond motifs is 1. The lowest BCUT2D eigenvalue weighted by Crippen LogP contribution is -2.20. The Morgan fingerprint density at radius 3 is 2.52 bits per heavy atom. The molecule has 0 saturated carbocycles. The van der Waals surface area contributed by atoms with Crippen LogP contribution in [0.5, 0.6) is 0 Å². The van der Waals surface area contributed by atoms with Gasteiger partial charge in [0.05, 0.1) is 6.10 Å². The molecule has 0 bridgehead atoms. The van der Waals surface area contributed by atoms with Crippen molar-refractivity contribution in [3.05, 3.63) is 72.3 Å². The van der Waals surface area contributed by atoms with Gasteiger partial charge in [0.15, 0.2) is 5.96 Å². The van der Waals surface area contributed by atoms with Crippen molar-refractivity contribution in [2.24, 2.45) is 0 Å². The van der Waals surface area contributed by atoms with Gasteiger partial charge in [-0.25, -0.2) is 0 Å². The van der Waals surface area contributed by atoms with E-state index in [0.29, 0.717) is 0 Å². The summed E-state index contributed by atoms with van der Waals surface area (Å²) in [4.78, 5) is 0. The Bertz CT molecular complexity index is 837. The minimum absolute atomic E-state index is 0.184. The van der Waals surface area contributed by atoms with Crippen LogP contribution in [0.15, 0.2) is 66.7 Å². The normalized spacial score (nSPS) is 11.9. The molecule has 1 unspecified atom stereocenters. The van der Waals surface area contributed by atoms with E-state index < -0.39 is 6.10 Å². The van der Waals surface area contributed by atoms with E-state index in [-0.39, 0.29) is 5.96 Å². The third-order valence-electron chi connectivity index (χ3n) is 3.69. The first kappa shape index (κ1) is 15.1. The van der Waals surface area contributed by atoms with Gasteiger partial charge in [0.25, 0.3) is 0 Å². The van der Waals surface area contributed by atoms with Crippen molar-refractivity contribution in [1.29, 1.82) is 5.41 Å². The molecule has 0 fully saturated rings. The zero-order chi connectivity index (χ0) is 16.2. The van der Waals surface area contributed by atoms with Crippen LogP contribution in [0.4, 0.5) is 11.4 Å². The molecule has 0 aliphatic rings. The van der Waals surface area contributed by atoms with E-state index >= 15 is 0 Å². The van der Waals surface area contributed by atoms with E-state index in [9.17, 15) is 5.11 Å². The number of hydrogen-bond donors (Lipinski definition) is 4. The molecule has 4 heteroatoms. The fraction of sp³-hybridized carbons (Fsp3) is 0.105. The summed E-state index contributed by atoms with van der Waals surface area (Å²) in [5.41, 5.74) is 2.46. The predicted molar refractivity (Wildman–Crippen MR) is 96.0 cm³/mol. The number of nitrogens with one attached hydrogen (secondary N) is 3. The van der Waals surface area contributed by atoms with Crippen molar-refractivity contribution in [3.8, 4) is 0 Å². The summed E-state index contributed by atoms with van der Waals surface area (Å²) in [5, 5.41) is 26.1. The van der Waals surface area contributed by atoms with Gasteiger partial charge in [0.2, 0.25) is 0 Å². The Kier molecular flexibility index (Phi) is 4.26. The number of aliphatic hydroxyl groups excluding tert-OH is 1. The third kappa shape index (κ3) is 3.49. The first-order valence-electron chi connectivity index (χ1n) is 7.52. The molecule has 3 aromatic rings. The van der Waals surface area contributed by atoms with E-state index in [1.54, 1.807) is 6.92 Å². The molecule has 0 saturated heterocycles. The molecule has 0 heterocycles. The summed E-state index contributed by atoms with van der Waals surface area (Å²) in [6.45, 7) is 1.72. The first-order valence-corrected chi connectivity index (χ1v) is 7.52. The van der Waals surface area contributed by atoms with E-state index in [1.807, 2.05) is 66.7 Å². The summed E-state index contributed by atoms with van der Waals surface area (Å²) in [5.74, 6) is 0.184. The summed E-state index contributed by atoms with van der Waals surface area (Å²) < 4.78 is 0. The Balaban J connectivity index is 1.78. The van der Waals surface area contributed by atoms with Crippen molar-refractivity contribution in [2.45, 2.75) is 13.0 Å². The van der Waals surface area contributed by atoms with Crippen molar-refractivity contribution in [3.63, 3.8) is 0 Å². The molecule has 0 aliphatic heterocycles. The fourth-order valence-corrected chi connectivity index (χ4v) is 2.52. The van der Waals surface area contributed by atoms with Crippen LogP contribution in [0.1, 0.15) is 18.6 Å². The van der Waals surface area contributed by atoms with Crippen LogP contribution in [0, 0.1) is 5.41 Å². The second-order valence-electron chi connectivity index (χ2n) is 5.45. The molecule has 1 atom stereocenters. The van der Waals surface area contributed by atoms with Crippen molar-refractivity contribution < 1.29 is 5.11 Å². The maximum atomic E-state index is 9.64. The standard InChI is InChI=1S/C19H19N3O/c1-13(23)15-8-4-9-16(12-15)21-19(20)22-18-11-5-7-14-6-2-3-10-17(14)18/h2-13,23H,1H3,(H3,20,21,22). The average Bonchev–Trinajstić information content (AvgIpc) is 2.55. The second kappa shape index (κ2) is 6.50. The minimum Gasteiger partial charge on any atom is -0.389 e. The smallest absolute Gasteiger partial charge is 0.197 e. The monoisotopic (exact) mass is 305 g/mol. The molecule has 0 aliphatic carbocycles. The molecular weight excluding hydrogens is 286 g/mol. The van der Waals surface area contributed by atoms with Crippen LogP contribution in [0.2, 0.25) is 0 Å². The highest BCUT2D eigenvalue weighted by molar-refractivity contribution is 6.07. The van der Waals surface area contributed by atoms with Gasteiger partial charge in [-0.15, -0.1) is 0 Å². The molecule has 116 valence electrons. The average molecular weight is 305 g/mol. The topological polar surface area (TPSA) is 68.1 Å². The van der Waals surface area contributed by atoms with Crippen molar-refractivity contribution >= 4 is 28.1 Å². The van der Waals surface area contributed by atoms with E-state index in [1.165, 1.54) is 0 Å². The summed E-state index contributed by atoms with van der Waals surface area (Å²) >= 11 is 0. The highest BCUT2D eigenvalue weighted by atomic mass is 16.3. The highest BCUT2D eigenvalue weighted by Crippen LogP contribution is 2.23. The number of rotatable bonds is 3. The molecule has 0 aromatic heterocycles. The molecule has 3 rings (SSSR count). The van der Waals surface area contributed by atoms with Crippen molar-refractivity contribution in [2.75, 3.05) is 10.6 Å². The summed E-state index contributed by atoms with van der Waals surface area (Å²) in [7, 11) is 0. The molecule has 0 radical (unpaired) electrons. The maximum Gasteiger partial charge on any atom is 0.197 e. The summed E-state index contributed by atoms with van der Waals surface area (Å²) in [6.07, 6.45) is -0.531. The van der Waals surface area contributed by atoms with Gasteiger partial charge in [0, 0.05) is 16.8 Å². The van der Waals surface area contributed by atoms with Crippen LogP contribution in [0.25, 0.3) is 10.8 Å². The van der Waals surface area contributed by atoms with Gasteiger partial charge < -0.3 is 15.7 Å². The molecule has 4 nitrogen and oxygen atoms in total. The van der Waals surface area contributed by atoms with E-state index in [4.69, 9.17) is 5.41 Å². The summed E-state index contributed by atoms with van der Waals surface area (Å²) in [6, 6.07) is 21.4. The number of benzene rings is 3. The van der Waals surface area contributed by atoms with E-state index in [2.05, 4.69) is 10.6 Å². The van der Waals surface area contributed by atoms with Crippen LogP contribution >= 0.6 is 0 Å². The lowest BCUT2D eigenvalue weighted by Gasteiger charge is -2.13. The van der Waals surface area contributed by atoms with Crippen molar-refractivity contribution in [1.82, 2.24) is 0 Å². The molecule has 23 heavy (non-hydrogen) atoms. The first-order chi connectivity index (χ1) is 11.1. The fourth-order valence-electron chi connectivity index (χ4n) is 2.52. The number of hydrogen-bond acceptors (Lipinski definition) is 2. The molecule has 0 spiro atoms. The number of guanidine groups is 1. The van der Waals surface area contributed by atoms with E-state index in [0.717, 1.165) is 27.7 Å². The quantitative estimate of drug-likeness (QED) is 0.429. The second-order valence-corrected chi connectivity index (χ2v) is 5.45. The Morgan fingerprint density at radius 1 is 0.957 bits per heavy atom. The molecule has 4 N–H and O–H groups in total. The van der Waals surface area contributed by atoms with Crippen LogP contribution in [-0.2, 0) is 0 Å². The SMILES string of the molecule is CC(O)c1cccc(NC(=N)Nc2cccc3ccccc23)c1. The molecule has 3 aromatic carbocycles. The van der Waals surface area contributed by atoms with Gasteiger partial charge in [-0.05, 0) is 36.1 Å². The largest absolute Gasteiger partial charge is 0.389 e. The zero-order valence-electron chi connectivity index (χ0n) is 12.9. The molecular formula is C19H19N3O. The number of anilines is 2. The van der Waals surface area contributed by atoms with Crippen LogP contribution < -0.4 is 10.6 Å².